The average Bonchev–Trinajstić information content (AvgIpc) is 2.64. The van der Waals surface area contributed by atoms with E-state index in [1.165, 1.54) is 18.5 Å². The van der Waals surface area contributed by atoms with Gasteiger partial charge < -0.3 is 5.11 Å². The third kappa shape index (κ3) is 4.47. The van der Waals surface area contributed by atoms with Crippen molar-refractivity contribution in [1.82, 2.24) is 9.97 Å². The molecule has 0 bridgehead atoms. The molecule has 2 heterocycles. The Kier molecular flexibility index (Phi) is 5.85. The molecule has 0 aliphatic carbocycles. The lowest BCUT2D eigenvalue weighted by Crippen LogP contribution is -2.16. The third-order valence-electron chi connectivity index (χ3n) is 4.02. The Morgan fingerprint density at radius 2 is 1.90 bits per heavy atom. The van der Waals surface area contributed by atoms with Gasteiger partial charge in [-0.05, 0) is 42.3 Å². The van der Waals surface area contributed by atoms with Crippen molar-refractivity contribution in [2.24, 2.45) is 0 Å². The van der Waals surface area contributed by atoms with E-state index < -0.39 is 32.6 Å². The monoisotopic (exact) mass is 454 g/mol. The first-order valence-corrected chi connectivity index (χ1v) is 10.0. The van der Waals surface area contributed by atoms with E-state index in [1.807, 2.05) is 0 Å². The van der Waals surface area contributed by atoms with Crippen LogP contribution in [0.1, 0.15) is 5.56 Å². The number of sulfonamides is 1. The largest absolute Gasteiger partial charge is 0.465 e. The Balaban J connectivity index is 2.04. The van der Waals surface area contributed by atoms with Crippen LogP contribution in [0.3, 0.4) is 0 Å². The molecule has 0 saturated heterocycles. The number of hydrogen-bond donors (Lipinski definition) is 3. The molecule has 1 amide bonds. The highest BCUT2D eigenvalue weighted by Crippen LogP contribution is 2.34. The molecule has 0 unspecified atom stereocenters. The Morgan fingerprint density at radius 3 is 2.57 bits per heavy atom. The summed E-state index contributed by atoms with van der Waals surface area (Å²) in [6, 6.07) is 5.04. The maximum absolute atomic E-state index is 14.0. The second-order valence-corrected chi connectivity index (χ2v) is 8.01. The predicted molar refractivity (Wildman–Crippen MR) is 106 cm³/mol. The van der Waals surface area contributed by atoms with Crippen LogP contribution in [0.15, 0.2) is 47.6 Å². The SMILES string of the molecule is Cc1c(-c2ccnc(NC(=O)O)c2)cnc(Cl)c1NS(=O)(=O)c1ccc(F)cc1F. The lowest BCUT2D eigenvalue weighted by molar-refractivity contribution is 0.209. The smallest absolute Gasteiger partial charge is 0.410 e. The van der Waals surface area contributed by atoms with Crippen LogP contribution in [-0.4, -0.2) is 29.6 Å². The Labute approximate surface area is 174 Å². The van der Waals surface area contributed by atoms with Crippen LogP contribution < -0.4 is 10.0 Å². The number of carboxylic acid groups (broad SMARTS) is 1. The van der Waals surface area contributed by atoms with Gasteiger partial charge in [-0.2, -0.15) is 0 Å². The fraction of sp³-hybridized carbons (Fsp3) is 0.0556. The Hall–Kier alpha value is -3.31. The van der Waals surface area contributed by atoms with Crippen LogP contribution in [0.5, 0.6) is 0 Å². The number of amides is 1. The number of halogens is 3. The second kappa shape index (κ2) is 8.20. The van der Waals surface area contributed by atoms with Crippen molar-refractivity contribution in [3.63, 3.8) is 0 Å². The van der Waals surface area contributed by atoms with E-state index in [-0.39, 0.29) is 16.7 Å². The Bertz CT molecular complexity index is 1250. The van der Waals surface area contributed by atoms with E-state index in [4.69, 9.17) is 16.7 Å². The van der Waals surface area contributed by atoms with Crippen molar-refractivity contribution in [1.29, 1.82) is 0 Å². The first-order chi connectivity index (χ1) is 14.1. The molecule has 156 valence electrons. The van der Waals surface area contributed by atoms with Crippen LogP contribution >= 0.6 is 11.6 Å². The summed E-state index contributed by atoms with van der Waals surface area (Å²) in [4.78, 5) is 17.9. The number of nitrogens with zero attached hydrogens (tertiary/aromatic N) is 2. The highest BCUT2D eigenvalue weighted by atomic mass is 35.5. The maximum atomic E-state index is 14.0. The lowest BCUT2D eigenvalue weighted by atomic mass is 10.0. The van der Waals surface area contributed by atoms with E-state index in [1.54, 1.807) is 13.0 Å². The first-order valence-electron chi connectivity index (χ1n) is 8.18. The fourth-order valence-corrected chi connectivity index (χ4v) is 4.13. The molecule has 0 atom stereocenters. The van der Waals surface area contributed by atoms with E-state index in [0.717, 1.165) is 12.1 Å². The topological polar surface area (TPSA) is 121 Å². The molecule has 0 saturated carbocycles. The van der Waals surface area contributed by atoms with Gasteiger partial charge in [-0.15, -0.1) is 0 Å². The van der Waals surface area contributed by atoms with Crippen LogP contribution in [0, 0.1) is 18.6 Å². The summed E-state index contributed by atoms with van der Waals surface area (Å²) < 4.78 is 54.5. The molecular weight excluding hydrogens is 442 g/mol. The minimum Gasteiger partial charge on any atom is -0.465 e. The number of hydrogen-bond acceptors (Lipinski definition) is 5. The minimum atomic E-state index is -4.45. The molecule has 3 rings (SSSR count). The molecule has 12 heteroatoms. The zero-order valence-corrected chi connectivity index (χ0v) is 16.7. The predicted octanol–water partition coefficient (Wildman–Crippen LogP) is 4.27. The molecule has 8 nitrogen and oxygen atoms in total. The van der Waals surface area contributed by atoms with Crippen LogP contribution in [0.25, 0.3) is 11.1 Å². The molecule has 0 spiro atoms. The standard InChI is InChI=1S/C18H13ClF2N4O4S/c1-9-12(10-4-5-22-15(6-10)24-18(26)27)8-23-17(19)16(9)25-30(28,29)14-3-2-11(20)7-13(14)21/h2-8,25H,1H3,(H,22,24)(H,26,27). The van der Waals surface area contributed by atoms with Crippen molar-refractivity contribution >= 4 is 39.2 Å². The third-order valence-corrected chi connectivity index (χ3v) is 5.69. The summed E-state index contributed by atoms with van der Waals surface area (Å²) in [7, 11) is -4.45. The summed E-state index contributed by atoms with van der Waals surface area (Å²) in [5.41, 5.74) is 1.13. The fourth-order valence-electron chi connectivity index (χ4n) is 2.64. The van der Waals surface area contributed by atoms with Crippen LogP contribution in [0.2, 0.25) is 5.15 Å². The molecule has 0 radical (unpaired) electrons. The molecule has 3 aromatic rings. The van der Waals surface area contributed by atoms with Crippen molar-refractivity contribution in [3.8, 4) is 11.1 Å². The summed E-state index contributed by atoms with van der Waals surface area (Å²) in [5, 5.41) is 10.7. The molecule has 3 N–H and O–H groups in total. The zero-order valence-electron chi connectivity index (χ0n) is 15.1. The van der Waals surface area contributed by atoms with E-state index >= 15 is 0 Å². The van der Waals surface area contributed by atoms with Gasteiger partial charge >= 0.3 is 6.09 Å². The average molecular weight is 455 g/mol. The summed E-state index contributed by atoms with van der Waals surface area (Å²) in [5.74, 6) is -2.14. The lowest BCUT2D eigenvalue weighted by Gasteiger charge is -2.15. The van der Waals surface area contributed by atoms with Gasteiger partial charge in [0.2, 0.25) is 0 Å². The molecule has 0 fully saturated rings. The number of pyridine rings is 2. The number of rotatable bonds is 5. The van der Waals surface area contributed by atoms with Gasteiger partial charge in [0, 0.05) is 24.0 Å². The van der Waals surface area contributed by atoms with E-state index in [2.05, 4.69) is 20.0 Å². The van der Waals surface area contributed by atoms with Crippen molar-refractivity contribution in [3.05, 3.63) is 65.1 Å². The number of benzene rings is 1. The van der Waals surface area contributed by atoms with Gasteiger partial charge in [-0.3, -0.25) is 10.0 Å². The van der Waals surface area contributed by atoms with Crippen LogP contribution in [0.4, 0.5) is 25.1 Å². The number of carbonyl (C=O) groups is 1. The number of aromatic nitrogens is 2. The molecular formula is C18H13ClF2N4O4S. The van der Waals surface area contributed by atoms with Gasteiger partial charge in [0.1, 0.15) is 22.3 Å². The van der Waals surface area contributed by atoms with Gasteiger partial charge in [0.25, 0.3) is 10.0 Å². The molecule has 30 heavy (non-hydrogen) atoms. The molecule has 2 aromatic heterocycles. The number of anilines is 2. The summed E-state index contributed by atoms with van der Waals surface area (Å²) in [6.07, 6.45) is 1.42. The highest BCUT2D eigenvalue weighted by molar-refractivity contribution is 7.92. The molecule has 0 aliphatic rings. The van der Waals surface area contributed by atoms with Gasteiger partial charge in [-0.25, -0.2) is 32.0 Å². The number of nitrogens with one attached hydrogen (secondary N) is 2. The van der Waals surface area contributed by atoms with Crippen molar-refractivity contribution < 1.29 is 27.1 Å². The Morgan fingerprint density at radius 1 is 1.17 bits per heavy atom. The van der Waals surface area contributed by atoms with Crippen LogP contribution in [-0.2, 0) is 10.0 Å². The highest BCUT2D eigenvalue weighted by Gasteiger charge is 2.23. The van der Waals surface area contributed by atoms with Gasteiger partial charge in [0.15, 0.2) is 5.15 Å². The summed E-state index contributed by atoms with van der Waals surface area (Å²) in [6.45, 7) is 1.55. The quantitative estimate of drug-likeness (QED) is 0.495. The minimum absolute atomic E-state index is 0.0462. The van der Waals surface area contributed by atoms with Gasteiger partial charge in [0.05, 0.1) is 5.69 Å². The van der Waals surface area contributed by atoms with Crippen molar-refractivity contribution in [2.45, 2.75) is 11.8 Å². The zero-order chi connectivity index (χ0) is 22.1. The van der Waals surface area contributed by atoms with E-state index in [0.29, 0.717) is 22.8 Å². The van der Waals surface area contributed by atoms with Crippen molar-refractivity contribution in [2.75, 3.05) is 10.0 Å². The normalized spacial score (nSPS) is 11.2. The summed E-state index contributed by atoms with van der Waals surface area (Å²) >= 11 is 6.05. The first kappa shape index (κ1) is 21.4. The van der Waals surface area contributed by atoms with Gasteiger partial charge in [-0.1, -0.05) is 11.6 Å². The molecule has 1 aromatic carbocycles. The molecule has 0 aliphatic heterocycles. The second-order valence-electron chi connectivity index (χ2n) is 6.00. The van der Waals surface area contributed by atoms with E-state index in [9.17, 15) is 22.0 Å². The maximum Gasteiger partial charge on any atom is 0.410 e.